The Morgan fingerprint density at radius 2 is 2.15 bits per heavy atom. The molecular weight excluding hydrogens is 346 g/mol. The Balaban J connectivity index is 1.86. The predicted molar refractivity (Wildman–Crippen MR) is 105 cm³/mol. The number of halogens is 1. The third kappa shape index (κ3) is 2.92. The van der Waals surface area contributed by atoms with Crippen LogP contribution in [0.25, 0.3) is 10.9 Å². The summed E-state index contributed by atoms with van der Waals surface area (Å²) < 4.78 is 2.28. The van der Waals surface area contributed by atoms with Gasteiger partial charge in [0, 0.05) is 58.6 Å². The van der Waals surface area contributed by atoms with E-state index in [1.807, 2.05) is 25.1 Å². The van der Waals surface area contributed by atoms with Gasteiger partial charge in [0.15, 0.2) is 0 Å². The number of aromatic nitrogens is 2. The lowest BCUT2D eigenvalue weighted by molar-refractivity contribution is 0.0378. The third-order valence-corrected chi connectivity index (χ3v) is 5.88. The first-order chi connectivity index (χ1) is 12.4. The molecule has 0 fully saturated rings. The molecule has 0 saturated heterocycles. The van der Waals surface area contributed by atoms with Crippen LogP contribution in [0.4, 0.5) is 0 Å². The van der Waals surface area contributed by atoms with Gasteiger partial charge in [-0.2, -0.15) is 0 Å². The largest absolute Gasteiger partial charge is 0.384 e. The van der Waals surface area contributed by atoms with Crippen LogP contribution in [0.2, 0.25) is 5.02 Å². The zero-order valence-electron chi connectivity index (χ0n) is 15.4. The fraction of sp³-hybridized carbons (Fsp3) is 0.381. The fourth-order valence-electron chi connectivity index (χ4n) is 3.96. The number of pyridine rings is 1. The van der Waals surface area contributed by atoms with Gasteiger partial charge < -0.3 is 9.67 Å². The molecule has 2 aromatic heterocycles. The van der Waals surface area contributed by atoms with E-state index in [9.17, 15) is 5.11 Å². The maximum absolute atomic E-state index is 11.2. The van der Waals surface area contributed by atoms with Crippen molar-refractivity contribution >= 4 is 22.5 Å². The average Bonchev–Trinajstić information content (AvgIpc) is 2.88. The molecule has 26 heavy (non-hydrogen) atoms. The molecule has 2 unspecified atom stereocenters. The van der Waals surface area contributed by atoms with Crippen LogP contribution < -0.4 is 0 Å². The molecule has 0 radical (unpaired) electrons. The first-order valence-electron chi connectivity index (χ1n) is 8.99. The van der Waals surface area contributed by atoms with Crippen molar-refractivity contribution in [3.05, 3.63) is 64.6 Å². The van der Waals surface area contributed by atoms with Gasteiger partial charge in [0.05, 0.1) is 6.54 Å². The molecule has 4 rings (SSSR count). The van der Waals surface area contributed by atoms with Gasteiger partial charge in [-0.1, -0.05) is 17.7 Å². The first-order valence-corrected chi connectivity index (χ1v) is 9.37. The van der Waals surface area contributed by atoms with Gasteiger partial charge in [-0.15, -0.1) is 0 Å². The summed E-state index contributed by atoms with van der Waals surface area (Å²) in [5, 5.41) is 13.1. The average molecular weight is 370 g/mol. The van der Waals surface area contributed by atoms with Gasteiger partial charge in [-0.25, -0.2) is 0 Å². The Morgan fingerprint density at radius 3 is 2.88 bits per heavy atom. The lowest BCUT2D eigenvalue weighted by Gasteiger charge is -2.32. The summed E-state index contributed by atoms with van der Waals surface area (Å²) in [6.07, 6.45) is 4.43. The maximum Gasteiger partial charge on any atom is 0.106 e. The van der Waals surface area contributed by atoms with Crippen molar-refractivity contribution in [2.45, 2.75) is 45.0 Å². The van der Waals surface area contributed by atoms with Crippen LogP contribution in [0.3, 0.4) is 0 Å². The van der Waals surface area contributed by atoms with Crippen molar-refractivity contribution in [2.24, 2.45) is 0 Å². The summed E-state index contributed by atoms with van der Waals surface area (Å²) in [6.45, 7) is 5.49. The molecule has 1 aromatic carbocycles. The molecular formula is C21H24ClN3O. The van der Waals surface area contributed by atoms with E-state index in [1.165, 1.54) is 16.6 Å². The zero-order chi connectivity index (χ0) is 18.5. The molecule has 0 aliphatic carbocycles. The molecule has 1 aliphatic heterocycles. The van der Waals surface area contributed by atoms with Crippen LogP contribution in [0.5, 0.6) is 0 Å². The van der Waals surface area contributed by atoms with Crippen molar-refractivity contribution in [1.82, 2.24) is 14.5 Å². The van der Waals surface area contributed by atoms with E-state index in [0.29, 0.717) is 12.6 Å². The lowest BCUT2D eigenvalue weighted by Crippen LogP contribution is -2.36. The Morgan fingerprint density at radius 1 is 1.35 bits per heavy atom. The van der Waals surface area contributed by atoms with Gasteiger partial charge in [0.1, 0.15) is 5.60 Å². The smallest absolute Gasteiger partial charge is 0.106 e. The summed E-state index contributed by atoms with van der Waals surface area (Å²) in [5.74, 6) is 0. The van der Waals surface area contributed by atoms with Gasteiger partial charge in [0.2, 0.25) is 0 Å². The predicted octanol–water partition coefficient (Wildman–Crippen LogP) is 3.97. The van der Waals surface area contributed by atoms with E-state index in [2.05, 4.69) is 40.6 Å². The number of hydrogen-bond donors (Lipinski definition) is 1. The second-order valence-electron chi connectivity index (χ2n) is 7.66. The second-order valence-corrected chi connectivity index (χ2v) is 8.09. The topological polar surface area (TPSA) is 41.3 Å². The van der Waals surface area contributed by atoms with Crippen LogP contribution in [-0.4, -0.2) is 32.6 Å². The summed E-state index contributed by atoms with van der Waals surface area (Å²) in [7, 11) is 2.16. The number of benzene rings is 1. The standard InChI is InChI=1S/C21H24ClN3O/c1-14-9-20-18(12-24(14)3)17-10-16(22)6-7-19(17)25(20)13-21(2,26)15-5-4-8-23-11-15/h4-8,10-11,14,26H,9,12-13H2,1-3H3. The highest BCUT2D eigenvalue weighted by Gasteiger charge is 2.31. The van der Waals surface area contributed by atoms with E-state index in [4.69, 9.17) is 11.6 Å². The fourth-order valence-corrected chi connectivity index (χ4v) is 4.13. The number of likely N-dealkylation sites (N-methyl/N-ethyl adjacent to an activating group) is 1. The molecule has 3 aromatic rings. The molecule has 1 N–H and O–H groups in total. The summed E-state index contributed by atoms with van der Waals surface area (Å²) in [5.41, 5.74) is 3.58. The molecule has 4 nitrogen and oxygen atoms in total. The lowest BCUT2D eigenvalue weighted by atomic mass is 9.96. The first kappa shape index (κ1) is 17.5. The zero-order valence-corrected chi connectivity index (χ0v) is 16.2. The van der Waals surface area contributed by atoms with E-state index >= 15 is 0 Å². The minimum absolute atomic E-state index is 0.462. The highest BCUT2D eigenvalue weighted by atomic mass is 35.5. The molecule has 0 saturated carbocycles. The quantitative estimate of drug-likeness (QED) is 0.759. The monoisotopic (exact) mass is 369 g/mol. The van der Waals surface area contributed by atoms with Gasteiger partial charge >= 0.3 is 0 Å². The van der Waals surface area contributed by atoms with Gasteiger partial charge in [0.25, 0.3) is 0 Å². The number of nitrogens with zero attached hydrogens (tertiary/aromatic N) is 3. The number of rotatable bonds is 3. The summed E-state index contributed by atoms with van der Waals surface area (Å²) in [4.78, 5) is 6.54. The van der Waals surface area contributed by atoms with E-state index in [0.717, 1.165) is 29.1 Å². The Labute approximate surface area is 159 Å². The highest BCUT2D eigenvalue weighted by molar-refractivity contribution is 6.31. The minimum atomic E-state index is -1.000. The van der Waals surface area contributed by atoms with Gasteiger partial charge in [-0.05, 0) is 50.7 Å². The Hall–Kier alpha value is -1.88. The van der Waals surface area contributed by atoms with Crippen molar-refractivity contribution in [3.63, 3.8) is 0 Å². The van der Waals surface area contributed by atoms with Crippen LogP contribution in [0, 0.1) is 0 Å². The van der Waals surface area contributed by atoms with E-state index in [1.54, 1.807) is 12.4 Å². The number of fused-ring (bicyclic) bond motifs is 3. The van der Waals surface area contributed by atoms with Crippen LogP contribution in [0.15, 0.2) is 42.7 Å². The molecule has 0 spiro atoms. The molecule has 2 atom stereocenters. The molecule has 3 heterocycles. The highest BCUT2D eigenvalue weighted by Crippen LogP contribution is 2.36. The van der Waals surface area contributed by atoms with E-state index in [-0.39, 0.29) is 0 Å². The maximum atomic E-state index is 11.2. The van der Waals surface area contributed by atoms with Crippen molar-refractivity contribution in [2.75, 3.05) is 7.05 Å². The molecule has 0 amide bonds. The molecule has 136 valence electrons. The van der Waals surface area contributed by atoms with Crippen LogP contribution >= 0.6 is 11.6 Å². The Bertz CT molecular complexity index is 949. The normalized spacial score (nSPS) is 20.1. The molecule has 0 bridgehead atoms. The van der Waals surface area contributed by atoms with E-state index < -0.39 is 5.60 Å². The van der Waals surface area contributed by atoms with Crippen molar-refractivity contribution in [1.29, 1.82) is 0 Å². The van der Waals surface area contributed by atoms with Crippen LogP contribution in [0.1, 0.15) is 30.7 Å². The minimum Gasteiger partial charge on any atom is -0.384 e. The molecule has 5 heteroatoms. The number of aliphatic hydroxyl groups is 1. The SMILES string of the molecule is CC1Cc2c(c3cc(Cl)ccc3n2CC(C)(O)c2cccnc2)CN1C. The van der Waals surface area contributed by atoms with Gasteiger partial charge in [-0.3, -0.25) is 9.88 Å². The third-order valence-electron chi connectivity index (χ3n) is 5.65. The van der Waals surface area contributed by atoms with Crippen molar-refractivity contribution in [3.8, 4) is 0 Å². The summed E-state index contributed by atoms with van der Waals surface area (Å²) >= 11 is 6.28. The summed E-state index contributed by atoms with van der Waals surface area (Å²) in [6, 6.07) is 10.3. The molecule has 1 aliphatic rings. The second kappa shape index (κ2) is 6.38. The van der Waals surface area contributed by atoms with Crippen LogP contribution in [-0.2, 0) is 25.1 Å². The van der Waals surface area contributed by atoms with Crippen molar-refractivity contribution < 1.29 is 5.11 Å². The number of hydrogen-bond acceptors (Lipinski definition) is 3. The Kier molecular flexibility index (Phi) is 4.30.